The van der Waals surface area contributed by atoms with E-state index in [9.17, 15) is 9.18 Å². The van der Waals surface area contributed by atoms with Crippen molar-refractivity contribution in [3.05, 3.63) is 53.8 Å². The van der Waals surface area contributed by atoms with E-state index in [-0.39, 0.29) is 17.2 Å². The molecule has 0 spiro atoms. The molecule has 0 saturated heterocycles. The number of nitrogens with one attached hydrogen (secondary N) is 1. The summed E-state index contributed by atoms with van der Waals surface area (Å²) >= 11 is 0. The second kappa shape index (κ2) is 7.34. The Morgan fingerprint density at radius 1 is 1.12 bits per heavy atom. The molecule has 0 heterocycles. The standard InChI is InChI=1S/C19H20FNO3/c1-23-18-11-6-13(12-17(18)20)19(22)21-14-7-9-16(10-8-14)24-15-4-2-3-5-15/h6-12,15H,2-5H2,1H3,(H,21,22). The molecule has 2 aromatic rings. The summed E-state index contributed by atoms with van der Waals surface area (Å²) in [7, 11) is 1.38. The molecule has 0 bridgehead atoms. The van der Waals surface area contributed by atoms with Gasteiger partial charge in [0.05, 0.1) is 13.2 Å². The first-order valence-electron chi connectivity index (χ1n) is 8.07. The monoisotopic (exact) mass is 329 g/mol. The van der Waals surface area contributed by atoms with E-state index in [1.807, 2.05) is 12.1 Å². The van der Waals surface area contributed by atoms with E-state index in [1.165, 1.54) is 32.1 Å². The fourth-order valence-electron chi connectivity index (χ4n) is 2.83. The summed E-state index contributed by atoms with van der Waals surface area (Å²) in [5.74, 6) is -0.0261. The van der Waals surface area contributed by atoms with Gasteiger partial charge in [0.2, 0.25) is 0 Å². The third-order valence-electron chi connectivity index (χ3n) is 4.13. The summed E-state index contributed by atoms with van der Waals surface area (Å²) < 4.78 is 24.4. The van der Waals surface area contributed by atoms with Crippen molar-refractivity contribution in [2.24, 2.45) is 0 Å². The summed E-state index contributed by atoms with van der Waals surface area (Å²) in [6, 6.07) is 11.3. The van der Waals surface area contributed by atoms with E-state index in [4.69, 9.17) is 9.47 Å². The third-order valence-corrected chi connectivity index (χ3v) is 4.13. The number of hydrogen-bond acceptors (Lipinski definition) is 3. The van der Waals surface area contributed by atoms with Crippen molar-refractivity contribution in [2.45, 2.75) is 31.8 Å². The highest BCUT2D eigenvalue weighted by atomic mass is 19.1. The van der Waals surface area contributed by atoms with Crippen LogP contribution in [0.25, 0.3) is 0 Å². The average molecular weight is 329 g/mol. The predicted octanol–water partition coefficient (Wildman–Crippen LogP) is 4.41. The van der Waals surface area contributed by atoms with Crippen LogP contribution in [-0.4, -0.2) is 19.1 Å². The molecule has 126 valence electrons. The molecule has 0 unspecified atom stereocenters. The molecular formula is C19H20FNO3. The van der Waals surface area contributed by atoms with Crippen molar-refractivity contribution in [3.63, 3.8) is 0 Å². The smallest absolute Gasteiger partial charge is 0.255 e. The van der Waals surface area contributed by atoms with Crippen LogP contribution in [0.5, 0.6) is 11.5 Å². The molecule has 1 amide bonds. The number of halogens is 1. The molecule has 0 aromatic heterocycles. The van der Waals surface area contributed by atoms with Crippen molar-refractivity contribution in [2.75, 3.05) is 12.4 Å². The second-order valence-electron chi connectivity index (χ2n) is 5.85. The van der Waals surface area contributed by atoms with Gasteiger partial charge in [0.15, 0.2) is 11.6 Å². The first-order chi connectivity index (χ1) is 11.7. The Balaban J connectivity index is 1.62. The molecule has 3 rings (SSSR count). The third kappa shape index (κ3) is 3.85. The van der Waals surface area contributed by atoms with Crippen LogP contribution in [0, 0.1) is 5.82 Å². The lowest BCUT2D eigenvalue weighted by Gasteiger charge is -2.13. The van der Waals surface area contributed by atoms with E-state index in [0.717, 1.165) is 24.7 Å². The molecule has 0 aliphatic heterocycles. The zero-order chi connectivity index (χ0) is 16.9. The molecule has 24 heavy (non-hydrogen) atoms. The van der Waals surface area contributed by atoms with Crippen molar-refractivity contribution in [1.29, 1.82) is 0 Å². The minimum Gasteiger partial charge on any atom is -0.494 e. The van der Waals surface area contributed by atoms with Gasteiger partial charge in [-0.3, -0.25) is 4.79 Å². The number of hydrogen-bond donors (Lipinski definition) is 1. The van der Waals surface area contributed by atoms with Crippen LogP contribution in [0.4, 0.5) is 10.1 Å². The quantitative estimate of drug-likeness (QED) is 0.884. The molecule has 1 N–H and O–H groups in total. The van der Waals surface area contributed by atoms with Gasteiger partial charge in [-0.05, 0) is 68.1 Å². The van der Waals surface area contributed by atoms with Gasteiger partial charge in [0, 0.05) is 11.3 Å². The maximum Gasteiger partial charge on any atom is 0.255 e. The summed E-state index contributed by atoms with van der Waals surface area (Å²) in [6.45, 7) is 0. The number of anilines is 1. The number of benzene rings is 2. The van der Waals surface area contributed by atoms with Crippen LogP contribution in [0.1, 0.15) is 36.0 Å². The molecule has 4 nitrogen and oxygen atoms in total. The van der Waals surface area contributed by atoms with Crippen molar-refractivity contribution in [3.8, 4) is 11.5 Å². The summed E-state index contributed by atoms with van der Waals surface area (Å²) in [6.07, 6.45) is 4.94. The van der Waals surface area contributed by atoms with E-state index in [1.54, 1.807) is 12.1 Å². The Morgan fingerprint density at radius 3 is 2.46 bits per heavy atom. The number of rotatable bonds is 5. The summed E-state index contributed by atoms with van der Waals surface area (Å²) in [5, 5.41) is 2.74. The zero-order valence-electron chi connectivity index (χ0n) is 13.5. The molecule has 1 aliphatic rings. The predicted molar refractivity (Wildman–Crippen MR) is 90.2 cm³/mol. The Kier molecular flexibility index (Phi) is 4.99. The van der Waals surface area contributed by atoms with Gasteiger partial charge in [0.25, 0.3) is 5.91 Å². The van der Waals surface area contributed by atoms with Crippen LogP contribution in [0.3, 0.4) is 0 Å². The molecule has 1 aliphatic carbocycles. The van der Waals surface area contributed by atoms with Gasteiger partial charge < -0.3 is 14.8 Å². The second-order valence-corrected chi connectivity index (χ2v) is 5.85. The highest BCUT2D eigenvalue weighted by Gasteiger charge is 2.16. The lowest BCUT2D eigenvalue weighted by Crippen LogP contribution is -2.13. The van der Waals surface area contributed by atoms with E-state index >= 15 is 0 Å². The van der Waals surface area contributed by atoms with Gasteiger partial charge in [-0.15, -0.1) is 0 Å². The molecule has 5 heteroatoms. The SMILES string of the molecule is COc1ccc(C(=O)Nc2ccc(OC3CCCC3)cc2)cc1F. The number of methoxy groups -OCH3 is 1. The number of ether oxygens (including phenoxy) is 2. The van der Waals surface area contributed by atoms with Gasteiger partial charge in [-0.25, -0.2) is 4.39 Å². The molecule has 2 aromatic carbocycles. The highest BCUT2D eigenvalue weighted by Crippen LogP contribution is 2.25. The Labute approximate surface area is 140 Å². The maximum absolute atomic E-state index is 13.7. The van der Waals surface area contributed by atoms with Gasteiger partial charge >= 0.3 is 0 Å². The van der Waals surface area contributed by atoms with E-state index < -0.39 is 5.82 Å². The number of carbonyl (C=O) groups is 1. The summed E-state index contributed by atoms with van der Waals surface area (Å²) in [5.41, 5.74) is 0.870. The lowest BCUT2D eigenvalue weighted by atomic mass is 10.2. The minimum absolute atomic E-state index is 0.111. The molecular weight excluding hydrogens is 309 g/mol. The van der Waals surface area contributed by atoms with Crippen LogP contribution in [0.2, 0.25) is 0 Å². The van der Waals surface area contributed by atoms with Crippen LogP contribution >= 0.6 is 0 Å². The minimum atomic E-state index is -0.564. The Hall–Kier alpha value is -2.56. The topological polar surface area (TPSA) is 47.6 Å². The summed E-state index contributed by atoms with van der Waals surface area (Å²) in [4.78, 5) is 12.2. The number of carbonyl (C=O) groups excluding carboxylic acids is 1. The van der Waals surface area contributed by atoms with Crippen molar-refractivity contribution < 1.29 is 18.7 Å². The maximum atomic E-state index is 13.7. The van der Waals surface area contributed by atoms with Gasteiger partial charge in [-0.1, -0.05) is 0 Å². The molecule has 1 fully saturated rings. The van der Waals surface area contributed by atoms with Crippen molar-refractivity contribution >= 4 is 11.6 Å². The van der Waals surface area contributed by atoms with Crippen LogP contribution in [-0.2, 0) is 0 Å². The van der Waals surface area contributed by atoms with Crippen LogP contribution in [0.15, 0.2) is 42.5 Å². The Morgan fingerprint density at radius 2 is 1.83 bits per heavy atom. The van der Waals surface area contributed by atoms with Crippen LogP contribution < -0.4 is 14.8 Å². The van der Waals surface area contributed by atoms with Crippen molar-refractivity contribution in [1.82, 2.24) is 0 Å². The largest absolute Gasteiger partial charge is 0.494 e. The first kappa shape index (κ1) is 16.3. The Bertz CT molecular complexity index is 709. The highest BCUT2D eigenvalue weighted by molar-refractivity contribution is 6.04. The first-order valence-corrected chi connectivity index (χ1v) is 8.07. The fourth-order valence-corrected chi connectivity index (χ4v) is 2.83. The lowest BCUT2D eigenvalue weighted by molar-refractivity contribution is 0.102. The molecule has 1 saturated carbocycles. The zero-order valence-corrected chi connectivity index (χ0v) is 13.5. The normalized spacial score (nSPS) is 14.4. The van der Waals surface area contributed by atoms with Gasteiger partial charge in [-0.2, -0.15) is 0 Å². The average Bonchev–Trinajstić information content (AvgIpc) is 3.09. The van der Waals surface area contributed by atoms with Gasteiger partial charge in [0.1, 0.15) is 5.75 Å². The van der Waals surface area contributed by atoms with E-state index in [0.29, 0.717) is 11.8 Å². The fraction of sp³-hybridized carbons (Fsp3) is 0.316. The molecule has 0 radical (unpaired) electrons. The molecule has 0 atom stereocenters. The number of amides is 1. The van der Waals surface area contributed by atoms with E-state index in [2.05, 4.69) is 5.32 Å².